The summed E-state index contributed by atoms with van der Waals surface area (Å²) >= 11 is 2.61. The predicted molar refractivity (Wildman–Crippen MR) is 43.3 cm³/mol. The number of aryl methyl sites for hydroxylation is 1. The van der Waals surface area contributed by atoms with Crippen molar-refractivity contribution >= 4 is 22.2 Å². The molecular weight excluding hydrogens is 210 g/mol. The lowest BCUT2D eigenvalue weighted by Crippen LogP contribution is -2.01. The van der Waals surface area contributed by atoms with Crippen molar-refractivity contribution in [2.24, 2.45) is 0 Å². The number of hydrogen-bond acceptors (Lipinski definition) is 3. The summed E-state index contributed by atoms with van der Waals surface area (Å²) in [5.74, 6) is -0.421. The monoisotopic (exact) mass is 215 g/mol. The van der Waals surface area contributed by atoms with E-state index in [4.69, 9.17) is 0 Å². The van der Waals surface area contributed by atoms with Gasteiger partial charge in [-0.1, -0.05) is 0 Å². The molecule has 1 aromatic heterocycles. The number of nitrogens with zero attached hydrogens (tertiary/aromatic N) is 1. The van der Waals surface area contributed by atoms with Gasteiger partial charge < -0.3 is 3.83 Å². The van der Waals surface area contributed by atoms with E-state index in [1.807, 2.05) is 0 Å². The van der Waals surface area contributed by atoms with Gasteiger partial charge in [-0.3, -0.25) is 4.98 Å². The molecule has 0 saturated carbocycles. The second-order valence-electron chi connectivity index (χ2n) is 2.00. The van der Waals surface area contributed by atoms with E-state index in [2.05, 4.69) is 25.1 Å². The van der Waals surface area contributed by atoms with Crippen LogP contribution in [0.1, 0.15) is 16.1 Å². The van der Waals surface area contributed by atoms with E-state index in [0.717, 1.165) is 0 Å². The Morgan fingerprint density at radius 2 is 2.45 bits per heavy atom. The molecule has 0 radical (unpaired) electrons. The molecule has 0 unspecified atom stereocenters. The lowest BCUT2D eigenvalue weighted by Gasteiger charge is -1.98. The van der Waals surface area contributed by atoms with Gasteiger partial charge in [0.25, 0.3) is 0 Å². The van der Waals surface area contributed by atoms with E-state index < -0.39 is 5.97 Å². The molecule has 0 atom stereocenters. The van der Waals surface area contributed by atoms with E-state index in [0.29, 0.717) is 11.3 Å². The highest BCUT2D eigenvalue weighted by Crippen LogP contribution is 2.06. The molecule has 0 bridgehead atoms. The average molecular weight is 216 g/mol. The molecule has 1 aromatic rings. The maximum Gasteiger partial charge on any atom is 0.351 e. The van der Waals surface area contributed by atoms with Crippen LogP contribution in [-0.4, -0.2) is 11.0 Å². The highest BCUT2D eigenvalue weighted by Gasteiger charge is 2.08. The van der Waals surface area contributed by atoms with Crippen LogP contribution in [0.25, 0.3) is 0 Å². The average Bonchev–Trinajstić information content (AvgIpc) is 2.04. The Labute approximate surface area is 72.8 Å². The number of pyridine rings is 1. The molecule has 1 rings (SSSR count). The summed E-state index contributed by atoms with van der Waals surface area (Å²) in [6.45, 7) is 1.75. The molecule has 0 aliphatic rings. The van der Waals surface area contributed by atoms with Crippen molar-refractivity contribution in [1.29, 1.82) is 0 Å². The molecule has 3 nitrogen and oxygen atoms in total. The van der Waals surface area contributed by atoms with Crippen LogP contribution in [0.15, 0.2) is 18.3 Å². The molecule has 0 fully saturated rings. The molecule has 1 heterocycles. The standard InChI is InChI=1S/C7H6BrNO2/c1-5-6(7(10)11-8)3-2-4-9-5/h2-4H,1H3. The Kier molecular flexibility index (Phi) is 2.59. The van der Waals surface area contributed by atoms with Crippen LogP contribution >= 0.6 is 16.3 Å². The first kappa shape index (κ1) is 8.20. The third kappa shape index (κ3) is 1.77. The van der Waals surface area contributed by atoms with Gasteiger partial charge >= 0.3 is 5.97 Å². The van der Waals surface area contributed by atoms with Crippen LogP contribution < -0.4 is 0 Å². The van der Waals surface area contributed by atoms with Crippen LogP contribution in [0.5, 0.6) is 0 Å². The fourth-order valence-electron chi connectivity index (χ4n) is 0.742. The van der Waals surface area contributed by atoms with Crippen molar-refractivity contribution < 1.29 is 8.62 Å². The van der Waals surface area contributed by atoms with Crippen LogP contribution in [0.2, 0.25) is 0 Å². The van der Waals surface area contributed by atoms with Gasteiger partial charge in [-0.2, -0.15) is 0 Å². The number of rotatable bonds is 1. The highest BCUT2D eigenvalue weighted by molar-refractivity contribution is 9.06. The summed E-state index contributed by atoms with van der Waals surface area (Å²) in [5, 5.41) is 0. The summed E-state index contributed by atoms with van der Waals surface area (Å²) in [4.78, 5) is 14.9. The lowest BCUT2D eigenvalue weighted by atomic mass is 10.2. The van der Waals surface area contributed by atoms with Gasteiger partial charge in [0.1, 0.15) is 0 Å². The van der Waals surface area contributed by atoms with Crippen molar-refractivity contribution in [3.05, 3.63) is 29.6 Å². The Hall–Kier alpha value is -0.900. The van der Waals surface area contributed by atoms with Crippen molar-refractivity contribution in [2.75, 3.05) is 0 Å². The molecule has 0 amide bonds. The van der Waals surface area contributed by atoms with E-state index in [-0.39, 0.29) is 0 Å². The second kappa shape index (κ2) is 3.48. The van der Waals surface area contributed by atoms with E-state index >= 15 is 0 Å². The van der Waals surface area contributed by atoms with Crippen LogP contribution in [-0.2, 0) is 3.83 Å². The molecular formula is C7H6BrNO2. The molecule has 0 spiro atoms. The topological polar surface area (TPSA) is 39.2 Å². The van der Waals surface area contributed by atoms with Gasteiger partial charge in [-0.15, -0.1) is 0 Å². The summed E-state index contributed by atoms with van der Waals surface area (Å²) in [6.07, 6.45) is 1.63. The zero-order valence-electron chi connectivity index (χ0n) is 5.87. The minimum absolute atomic E-state index is 0.421. The molecule has 58 valence electrons. The molecule has 0 aromatic carbocycles. The Morgan fingerprint density at radius 3 is 3.00 bits per heavy atom. The van der Waals surface area contributed by atoms with Gasteiger partial charge in [-0.05, 0) is 19.1 Å². The zero-order valence-corrected chi connectivity index (χ0v) is 7.46. The molecule has 11 heavy (non-hydrogen) atoms. The van der Waals surface area contributed by atoms with Crippen LogP contribution in [0.3, 0.4) is 0 Å². The molecule has 0 saturated heterocycles. The van der Waals surface area contributed by atoms with Gasteiger partial charge in [0.15, 0.2) is 16.3 Å². The minimum atomic E-state index is -0.421. The maximum absolute atomic E-state index is 10.9. The minimum Gasteiger partial charge on any atom is -0.380 e. The number of hydrogen-bond donors (Lipinski definition) is 0. The Morgan fingerprint density at radius 1 is 1.73 bits per heavy atom. The number of carbonyl (C=O) groups is 1. The molecule has 0 aliphatic carbocycles. The molecule has 0 N–H and O–H groups in total. The quantitative estimate of drug-likeness (QED) is 0.719. The largest absolute Gasteiger partial charge is 0.380 e. The first-order valence-corrected chi connectivity index (χ1v) is 3.65. The summed E-state index contributed by atoms with van der Waals surface area (Å²) in [5.41, 5.74) is 1.14. The summed E-state index contributed by atoms with van der Waals surface area (Å²) in [6, 6.07) is 3.35. The number of carbonyl (C=O) groups excluding carboxylic acids is 1. The maximum atomic E-state index is 10.9. The fraction of sp³-hybridized carbons (Fsp3) is 0.143. The normalized spacial score (nSPS) is 9.27. The smallest absolute Gasteiger partial charge is 0.351 e. The van der Waals surface area contributed by atoms with Crippen molar-refractivity contribution in [3.8, 4) is 0 Å². The fourth-order valence-corrected chi connectivity index (χ4v) is 0.916. The lowest BCUT2D eigenvalue weighted by molar-refractivity contribution is 0.0780. The number of aromatic nitrogens is 1. The third-order valence-electron chi connectivity index (χ3n) is 1.30. The van der Waals surface area contributed by atoms with Crippen molar-refractivity contribution in [3.63, 3.8) is 0 Å². The van der Waals surface area contributed by atoms with Crippen molar-refractivity contribution in [1.82, 2.24) is 4.98 Å². The van der Waals surface area contributed by atoms with E-state index in [1.165, 1.54) is 0 Å². The van der Waals surface area contributed by atoms with Gasteiger partial charge in [0.05, 0.1) is 11.3 Å². The molecule has 4 heteroatoms. The first-order chi connectivity index (χ1) is 5.25. The van der Waals surface area contributed by atoms with Crippen molar-refractivity contribution in [2.45, 2.75) is 6.92 Å². The Bertz CT molecular complexity index is 275. The van der Waals surface area contributed by atoms with Crippen LogP contribution in [0.4, 0.5) is 0 Å². The first-order valence-electron chi connectivity index (χ1n) is 3.00. The van der Waals surface area contributed by atoms with Gasteiger partial charge in [0.2, 0.25) is 0 Å². The van der Waals surface area contributed by atoms with Gasteiger partial charge in [-0.25, -0.2) is 4.79 Å². The van der Waals surface area contributed by atoms with E-state index in [1.54, 1.807) is 25.3 Å². The summed E-state index contributed by atoms with van der Waals surface area (Å²) in [7, 11) is 0. The Balaban J connectivity index is 3.03. The SMILES string of the molecule is Cc1ncccc1C(=O)OBr. The van der Waals surface area contributed by atoms with Crippen LogP contribution in [0, 0.1) is 6.92 Å². The predicted octanol–water partition coefficient (Wildman–Crippen LogP) is 1.86. The zero-order chi connectivity index (χ0) is 8.27. The molecule has 0 aliphatic heterocycles. The summed E-state index contributed by atoms with van der Waals surface area (Å²) < 4.78 is 4.35. The van der Waals surface area contributed by atoms with Gasteiger partial charge in [0, 0.05) is 6.20 Å². The van der Waals surface area contributed by atoms with E-state index in [9.17, 15) is 4.79 Å². The second-order valence-corrected chi connectivity index (χ2v) is 2.32. The third-order valence-corrected chi connectivity index (χ3v) is 1.59. The number of halogens is 1. The highest BCUT2D eigenvalue weighted by atomic mass is 79.9.